The molecule has 1 N–H and O–H groups in total. The number of hydrogen-bond acceptors (Lipinski definition) is 2. The highest BCUT2D eigenvalue weighted by Gasteiger charge is 2.11. The van der Waals surface area contributed by atoms with Gasteiger partial charge in [0.15, 0.2) is 0 Å². The van der Waals surface area contributed by atoms with Gasteiger partial charge in [-0.15, -0.1) is 0 Å². The minimum absolute atomic E-state index is 0.487. The molecule has 96 valence electrons. The molecule has 17 heavy (non-hydrogen) atoms. The summed E-state index contributed by atoms with van der Waals surface area (Å²) >= 11 is 5.87. The van der Waals surface area contributed by atoms with Gasteiger partial charge in [-0.1, -0.05) is 30.7 Å². The summed E-state index contributed by atoms with van der Waals surface area (Å²) in [5.74, 6) is 0.591. The van der Waals surface area contributed by atoms with E-state index in [4.69, 9.17) is 16.3 Å². The van der Waals surface area contributed by atoms with Gasteiger partial charge >= 0.3 is 0 Å². The zero-order chi connectivity index (χ0) is 12.7. The van der Waals surface area contributed by atoms with Gasteiger partial charge in [0, 0.05) is 24.7 Å². The SMILES string of the molecule is COCCNC(C)C(C)Cc1ccc(Cl)cc1. The molecule has 0 radical (unpaired) electrons. The van der Waals surface area contributed by atoms with Crippen molar-refractivity contribution in [3.8, 4) is 0 Å². The van der Waals surface area contributed by atoms with Crippen molar-refractivity contribution >= 4 is 11.6 Å². The van der Waals surface area contributed by atoms with Crippen LogP contribution in [0.1, 0.15) is 19.4 Å². The van der Waals surface area contributed by atoms with Crippen molar-refractivity contribution in [1.29, 1.82) is 0 Å². The minimum Gasteiger partial charge on any atom is -0.383 e. The fraction of sp³-hybridized carbons (Fsp3) is 0.571. The lowest BCUT2D eigenvalue weighted by Gasteiger charge is -2.21. The predicted molar refractivity (Wildman–Crippen MR) is 73.7 cm³/mol. The lowest BCUT2D eigenvalue weighted by atomic mass is 9.95. The van der Waals surface area contributed by atoms with E-state index in [1.54, 1.807) is 7.11 Å². The van der Waals surface area contributed by atoms with Gasteiger partial charge in [0.1, 0.15) is 0 Å². The molecule has 0 aliphatic carbocycles. The maximum absolute atomic E-state index is 5.87. The molecule has 2 nitrogen and oxygen atoms in total. The molecular weight excluding hydrogens is 234 g/mol. The number of methoxy groups -OCH3 is 1. The first-order valence-electron chi connectivity index (χ1n) is 6.10. The van der Waals surface area contributed by atoms with Gasteiger partial charge in [0.25, 0.3) is 0 Å². The second-order valence-electron chi connectivity index (χ2n) is 4.54. The van der Waals surface area contributed by atoms with Gasteiger partial charge in [-0.25, -0.2) is 0 Å². The van der Waals surface area contributed by atoms with E-state index in [1.807, 2.05) is 12.1 Å². The first-order chi connectivity index (χ1) is 8.13. The standard InChI is InChI=1S/C14H22ClNO/c1-11(12(2)16-8-9-17-3)10-13-4-6-14(15)7-5-13/h4-7,11-12,16H,8-10H2,1-3H3. The molecule has 0 fully saturated rings. The van der Waals surface area contributed by atoms with E-state index in [0.29, 0.717) is 12.0 Å². The van der Waals surface area contributed by atoms with Gasteiger partial charge < -0.3 is 10.1 Å². The molecule has 2 unspecified atom stereocenters. The van der Waals surface area contributed by atoms with E-state index in [0.717, 1.165) is 24.6 Å². The van der Waals surface area contributed by atoms with Crippen LogP contribution < -0.4 is 5.32 Å². The van der Waals surface area contributed by atoms with E-state index in [9.17, 15) is 0 Å². The van der Waals surface area contributed by atoms with Crippen LogP contribution in [0, 0.1) is 5.92 Å². The van der Waals surface area contributed by atoms with Crippen LogP contribution in [0.15, 0.2) is 24.3 Å². The molecule has 1 aromatic carbocycles. The van der Waals surface area contributed by atoms with E-state index in [2.05, 4.69) is 31.3 Å². The summed E-state index contributed by atoms with van der Waals surface area (Å²) in [6.45, 7) is 6.15. The first-order valence-corrected chi connectivity index (χ1v) is 6.48. The third kappa shape index (κ3) is 5.53. The van der Waals surface area contributed by atoms with Crippen molar-refractivity contribution in [2.24, 2.45) is 5.92 Å². The van der Waals surface area contributed by atoms with E-state index < -0.39 is 0 Å². The van der Waals surface area contributed by atoms with Crippen LogP contribution in [0.4, 0.5) is 0 Å². The molecule has 0 heterocycles. The molecule has 0 amide bonds. The Morgan fingerprint density at radius 3 is 2.47 bits per heavy atom. The Morgan fingerprint density at radius 1 is 1.24 bits per heavy atom. The normalized spacial score (nSPS) is 14.6. The Kier molecular flexibility index (Phi) is 6.56. The monoisotopic (exact) mass is 255 g/mol. The van der Waals surface area contributed by atoms with Crippen LogP contribution in [0.5, 0.6) is 0 Å². The summed E-state index contributed by atoms with van der Waals surface area (Å²) < 4.78 is 5.03. The predicted octanol–water partition coefficient (Wildman–Crippen LogP) is 3.14. The zero-order valence-corrected chi connectivity index (χ0v) is 11.6. The highest BCUT2D eigenvalue weighted by molar-refractivity contribution is 6.30. The summed E-state index contributed by atoms with van der Waals surface area (Å²) in [5, 5.41) is 4.26. The average molecular weight is 256 g/mol. The highest BCUT2D eigenvalue weighted by atomic mass is 35.5. The number of ether oxygens (including phenoxy) is 1. The molecular formula is C14H22ClNO. The van der Waals surface area contributed by atoms with E-state index in [-0.39, 0.29) is 0 Å². The molecule has 0 aliphatic heterocycles. The fourth-order valence-corrected chi connectivity index (χ4v) is 1.88. The lowest BCUT2D eigenvalue weighted by Crippen LogP contribution is -2.35. The van der Waals surface area contributed by atoms with Crippen molar-refractivity contribution in [3.63, 3.8) is 0 Å². The first kappa shape index (κ1) is 14.5. The van der Waals surface area contributed by atoms with Crippen LogP contribution >= 0.6 is 11.6 Å². The van der Waals surface area contributed by atoms with Crippen LogP contribution in [-0.4, -0.2) is 26.3 Å². The maximum atomic E-state index is 5.87. The Morgan fingerprint density at radius 2 is 1.88 bits per heavy atom. The number of nitrogens with one attached hydrogen (secondary N) is 1. The quantitative estimate of drug-likeness (QED) is 0.756. The lowest BCUT2D eigenvalue weighted by molar-refractivity contribution is 0.192. The molecule has 0 spiro atoms. The summed E-state index contributed by atoms with van der Waals surface area (Å²) in [4.78, 5) is 0. The zero-order valence-electron chi connectivity index (χ0n) is 10.9. The topological polar surface area (TPSA) is 21.3 Å². The second-order valence-corrected chi connectivity index (χ2v) is 4.98. The molecule has 2 atom stereocenters. The van der Waals surface area contributed by atoms with Gasteiger partial charge in [-0.2, -0.15) is 0 Å². The van der Waals surface area contributed by atoms with Crippen molar-refractivity contribution in [1.82, 2.24) is 5.32 Å². The Bertz CT molecular complexity index is 313. The Hall–Kier alpha value is -0.570. The third-order valence-corrected chi connectivity index (χ3v) is 3.35. The summed E-state index contributed by atoms with van der Waals surface area (Å²) in [7, 11) is 1.73. The second kappa shape index (κ2) is 7.70. The van der Waals surface area contributed by atoms with Crippen LogP contribution in [0.2, 0.25) is 5.02 Å². The van der Waals surface area contributed by atoms with E-state index in [1.165, 1.54) is 5.56 Å². The summed E-state index contributed by atoms with van der Waals surface area (Å²) in [6.07, 6.45) is 1.07. The molecule has 0 bridgehead atoms. The molecule has 0 saturated heterocycles. The molecule has 0 aromatic heterocycles. The summed E-state index contributed by atoms with van der Waals surface area (Å²) in [6, 6.07) is 8.58. The smallest absolute Gasteiger partial charge is 0.0587 e. The molecule has 1 rings (SSSR count). The minimum atomic E-state index is 0.487. The van der Waals surface area contributed by atoms with Crippen LogP contribution in [-0.2, 0) is 11.2 Å². The van der Waals surface area contributed by atoms with Crippen molar-refractivity contribution in [2.45, 2.75) is 26.3 Å². The van der Waals surface area contributed by atoms with Crippen LogP contribution in [0.25, 0.3) is 0 Å². The van der Waals surface area contributed by atoms with E-state index >= 15 is 0 Å². The van der Waals surface area contributed by atoms with Gasteiger partial charge in [-0.05, 0) is 37.0 Å². The van der Waals surface area contributed by atoms with Gasteiger partial charge in [-0.3, -0.25) is 0 Å². The largest absolute Gasteiger partial charge is 0.383 e. The number of rotatable bonds is 7. The Labute approximate surface area is 109 Å². The van der Waals surface area contributed by atoms with Crippen LogP contribution in [0.3, 0.4) is 0 Å². The number of halogens is 1. The Balaban J connectivity index is 2.37. The van der Waals surface area contributed by atoms with Crippen molar-refractivity contribution in [2.75, 3.05) is 20.3 Å². The molecule has 1 aromatic rings. The van der Waals surface area contributed by atoms with Crippen molar-refractivity contribution in [3.05, 3.63) is 34.9 Å². The third-order valence-electron chi connectivity index (χ3n) is 3.10. The summed E-state index contributed by atoms with van der Waals surface area (Å²) in [5.41, 5.74) is 1.34. The molecule has 3 heteroatoms. The van der Waals surface area contributed by atoms with Crippen molar-refractivity contribution < 1.29 is 4.74 Å². The maximum Gasteiger partial charge on any atom is 0.0587 e. The van der Waals surface area contributed by atoms with Gasteiger partial charge in [0.05, 0.1) is 6.61 Å². The average Bonchev–Trinajstić information content (AvgIpc) is 2.32. The molecule has 0 saturated carbocycles. The highest BCUT2D eigenvalue weighted by Crippen LogP contribution is 2.15. The number of hydrogen-bond donors (Lipinski definition) is 1. The molecule has 0 aliphatic rings. The van der Waals surface area contributed by atoms with Gasteiger partial charge in [0.2, 0.25) is 0 Å². The number of benzene rings is 1. The fourth-order valence-electron chi connectivity index (χ4n) is 1.76.